The van der Waals surface area contributed by atoms with E-state index in [0.717, 1.165) is 18.9 Å². The van der Waals surface area contributed by atoms with E-state index in [1.807, 2.05) is 0 Å². The predicted molar refractivity (Wildman–Crippen MR) is 47.6 cm³/mol. The fraction of sp³-hybridized carbons (Fsp3) is 0.900. The van der Waals surface area contributed by atoms with Gasteiger partial charge in [0, 0.05) is 12.5 Å². The first-order valence-electron chi connectivity index (χ1n) is 4.87. The lowest BCUT2D eigenvalue weighted by atomic mass is 10.1. The molecule has 2 heteroatoms. The fourth-order valence-corrected chi connectivity index (χ4v) is 1.60. The van der Waals surface area contributed by atoms with Gasteiger partial charge >= 0.3 is 0 Å². The van der Waals surface area contributed by atoms with Crippen molar-refractivity contribution in [2.24, 2.45) is 17.3 Å². The quantitative estimate of drug-likeness (QED) is 0.679. The van der Waals surface area contributed by atoms with Crippen molar-refractivity contribution in [2.75, 3.05) is 6.54 Å². The zero-order valence-corrected chi connectivity index (χ0v) is 7.89. The van der Waals surface area contributed by atoms with Crippen molar-refractivity contribution in [3.8, 4) is 0 Å². The van der Waals surface area contributed by atoms with Crippen LogP contribution in [-0.4, -0.2) is 12.5 Å². The van der Waals surface area contributed by atoms with Gasteiger partial charge < -0.3 is 5.32 Å². The minimum atomic E-state index is 0.284. The maximum absolute atomic E-state index is 11.4. The number of nitrogens with one attached hydrogen (secondary N) is 1. The molecular formula is C10H17NO. The molecule has 1 unspecified atom stereocenters. The summed E-state index contributed by atoms with van der Waals surface area (Å²) in [4.78, 5) is 11.4. The van der Waals surface area contributed by atoms with E-state index in [1.165, 1.54) is 12.8 Å². The van der Waals surface area contributed by atoms with E-state index in [4.69, 9.17) is 0 Å². The highest BCUT2D eigenvalue weighted by Crippen LogP contribution is 2.51. The van der Waals surface area contributed by atoms with E-state index < -0.39 is 0 Å². The van der Waals surface area contributed by atoms with Gasteiger partial charge in [-0.3, -0.25) is 4.79 Å². The fourth-order valence-electron chi connectivity index (χ4n) is 1.60. The van der Waals surface area contributed by atoms with Gasteiger partial charge in [-0.05, 0) is 30.6 Å². The molecule has 0 aromatic heterocycles. The smallest absolute Gasteiger partial charge is 0.223 e. The van der Waals surface area contributed by atoms with E-state index in [2.05, 4.69) is 19.2 Å². The molecule has 0 bridgehead atoms. The van der Waals surface area contributed by atoms with Crippen LogP contribution < -0.4 is 5.32 Å². The summed E-state index contributed by atoms with van der Waals surface area (Å²) in [5.74, 6) is 1.39. The molecule has 1 N–H and O–H groups in total. The summed E-state index contributed by atoms with van der Waals surface area (Å²) >= 11 is 0. The molecular weight excluding hydrogens is 150 g/mol. The second kappa shape index (κ2) is 2.48. The first-order chi connectivity index (χ1) is 5.59. The molecule has 0 aromatic rings. The van der Waals surface area contributed by atoms with Crippen LogP contribution in [0.2, 0.25) is 0 Å². The first-order valence-corrected chi connectivity index (χ1v) is 4.87. The molecule has 12 heavy (non-hydrogen) atoms. The van der Waals surface area contributed by atoms with Gasteiger partial charge in [0.15, 0.2) is 0 Å². The standard InChI is InChI=1S/C10H17NO/c1-10(2)5-8(10)9(12)11-6-7-3-4-7/h7-8H,3-6H2,1-2H3,(H,11,12). The third-order valence-corrected chi connectivity index (χ3v) is 3.09. The lowest BCUT2D eigenvalue weighted by Gasteiger charge is -2.04. The lowest BCUT2D eigenvalue weighted by molar-refractivity contribution is -0.123. The van der Waals surface area contributed by atoms with Gasteiger partial charge in [0.25, 0.3) is 0 Å². The van der Waals surface area contributed by atoms with Crippen molar-refractivity contribution in [1.82, 2.24) is 5.32 Å². The highest BCUT2D eigenvalue weighted by molar-refractivity contribution is 5.82. The van der Waals surface area contributed by atoms with Crippen molar-refractivity contribution >= 4 is 5.91 Å². The minimum absolute atomic E-state index is 0.284. The molecule has 0 aromatic carbocycles. The predicted octanol–water partition coefficient (Wildman–Crippen LogP) is 1.56. The summed E-state index contributed by atoms with van der Waals surface area (Å²) in [6.45, 7) is 5.24. The Bertz CT molecular complexity index is 206. The van der Waals surface area contributed by atoms with Crippen molar-refractivity contribution in [3.63, 3.8) is 0 Å². The summed E-state index contributed by atoms with van der Waals surface area (Å²) in [7, 11) is 0. The molecule has 2 saturated carbocycles. The molecule has 1 atom stereocenters. The summed E-state index contributed by atoms with van der Waals surface area (Å²) in [5.41, 5.74) is 0.285. The number of hydrogen-bond donors (Lipinski definition) is 1. The van der Waals surface area contributed by atoms with Crippen LogP contribution in [0.25, 0.3) is 0 Å². The molecule has 0 radical (unpaired) electrons. The van der Waals surface area contributed by atoms with Gasteiger partial charge in [0.1, 0.15) is 0 Å². The van der Waals surface area contributed by atoms with Crippen molar-refractivity contribution in [3.05, 3.63) is 0 Å². The molecule has 1 amide bonds. The first kappa shape index (κ1) is 8.09. The van der Waals surface area contributed by atoms with Gasteiger partial charge in [-0.15, -0.1) is 0 Å². The second-order valence-electron chi connectivity index (χ2n) is 4.93. The molecule has 0 spiro atoms. The van der Waals surface area contributed by atoms with E-state index in [9.17, 15) is 4.79 Å². The van der Waals surface area contributed by atoms with Crippen molar-refractivity contribution in [2.45, 2.75) is 33.1 Å². The highest BCUT2D eigenvalue weighted by Gasteiger charge is 2.50. The summed E-state index contributed by atoms with van der Waals surface area (Å²) in [6.07, 6.45) is 3.70. The van der Waals surface area contributed by atoms with Crippen LogP contribution in [0.5, 0.6) is 0 Å². The van der Waals surface area contributed by atoms with Crippen LogP contribution in [0.1, 0.15) is 33.1 Å². The number of hydrogen-bond acceptors (Lipinski definition) is 1. The third-order valence-electron chi connectivity index (χ3n) is 3.09. The Morgan fingerprint density at radius 1 is 1.50 bits per heavy atom. The average Bonchev–Trinajstić information content (AvgIpc) is 2.83. The molecule has 0 saturated heterocycles. The Kier molecular flexibility index (Phi) is 1.67. The Labute approximate surface area is 73.7 Å². The number of amides is 1. The van der Waals surface area contributed by atoms with Crippen LogP contribution in [-0.2, 0) is 4.79 Å². The molecule has 2 fully saturated rings. The molecule has 2 aliphatic carbocycles. The minimum Gasteiger partial charge on any atom is -0.356 e. The lowest BCUT2D eigenvalue weighted by Crippen LogP contribution is -2.28. The summed E-state index contributed by atoms with van der Waals surface area (Å²) in [6, 6.07) is 0. The number of carbonyl (C=O) groups is 1. The van der Waals surface area contributed by atoms with Crippen LogP contribution >= 0.6 is 0 Å². The molecule has 2 rings (SSSR count). The van der Waals surface area contributed by atoms with Gasteiger partial charge in [0.2, 0.25) is 5.91 Å². The highest BCUT2D eigenvalue weighted by atomic mass is 16.2. The van der Waals surface area contributed by atoms with Gasteiger partial charge in [0.05, 0.1) is 0 Å². The van der Waals surface area contributed by atoms with Gasteiger partial charge in [-0.1, -0.05) is 13.8 Å². The van der Waals surface area contributed by atoms with E-state index in [1.54, 1.807) is 0 Å². The molecule has 68 valence electrons. The Hall–Kier alpha value is -0.530. The zero-order valence-electron chi connectivity index (χ0n) is 7.89. The zero-order chi connectivity index (χ0) is 8.77. The Balaban J connectivity index is 1.70. The normalized spacial score (nSPS) is 31.3. The largest absolute Gasteiger partial charge is 0.356 e. The Morgan fingerprint density at radius 3 is 2.50 bits per heavy atom. The van der Waals surface area contributed by atoms with Crippen molar-refractivity contribution < 1.29 is 4.79 Å². The van der Waals surface area contributed by atoms with Crippen LogP contribution in [0.15, 0.2) is 0 Å². The van der Waals surface area contributed by atoms with Crippen molar-refractivity contribution in [1.29, 1.82) is 0 Å². The molecule has 0 heterocycles. The van der Waals surface area contributed by atoms with Crippen LogP contribution in [0, 0.1) is 17.3 Å². The molecule has 2 aliphatic rings. The number of carbonyl (C=O) groups excluding carboxylic acids is 1. The van der Waals surface area contributed by atoms with E-state index in [-0.39, 0.29) is 11.3 Å². The number of rotatable bonds is 3. The topological polar surface area (TPSA) is 29.1 Å². The van der Waals surface area contributed by atoms with Crippen LogP contribution in [0.3, 0.4) is 0 Å². The SMILES string of the molecule is CC1(C)CC1C(=O)NCC1CC1. The third kappa shape index (κ3) is 1.62. The second-order valence-corrected chi connectivity index (χ2v) is 4.93. The summed E-state index contributed by atoms with van der Waals surface area (Å²) < 4.78 is 0. The molecule has 0 aliphatic heterocycles. The summed E-state index contributed by atoms with van der Waals surface area (Å²) in [5, 5.41) is 3.02. The van der Waals surface area contributed by atoms with Crippen LogP contribution in [0.4, 0.5) is 0 Å². The maximum atomic E-state index is 11.4. The monoisotopic (exact) mass is 167 g/mol. The van der Waals surface area contributed by atoms with Gasteiger partial charge in [-0.25, -0.2) is 0 Å². The van der Waals surface area contributed by atoms with Gasteiger partial charge in [-0.2, -0.15) is 0 Å². The van der Waals surface area contributed by atoms with E-state index in [0.29, 0.717) is 5.92 Å². The average molecular weight is 167 g/mol. The van der Waals surface area contributed by atoms with E-state index >= 15 is 0 Å². The Morgan fingerprint density at radius 2 is 2.08 bits per heavy atom. The molecule has 2 nitrogen and oxygen atoms in total. The maximum Gasteiger partial charge on any atom is 0.223 e.